The minimum Gasteiger partial charge on any atom is -0.454 e. The van der Waals surface area contributed by atoms with Crippen LogP contribution in [0.25, 0.3) is 0 Å². The second-order valence-corrected chi connectivity index (χ2v) is 4.61. The van der Waals surface area contributed by atoms with Gasteiger partial charge in [0.2, 0.25) is 0 Å². The van der Waals surface area contributed by atoms with Crippen LogP contribution >= 0.6 is 0 Å². The number of hydrogen-bond donors (Lipinski definition) is 0. The monoisotopic (exact) mass is 300 g/mol. The highest BCUT2D eigenvalue weighted by molar-refractivity contribution is 5.89. The Hall–Kier alpha value is -2.13. The Morgan fingerprint density at radius 1 is 0.909 bits per heavy atom. The van der Waals surface area contributed by atoms with Crippen LogP contribution in [-0.4, -0.2) is 19.2 Å². The van der Waals surface area contributed by atoms with Gasteiger partial charge in [0, 0.05) is 13.2 Å². The lowest BCUT2D eigenvalue weighted by atomic mass is 10.1. The van der Waals surface area contributed by atoms with Crippen molar-refractivity contribution >= 4 is 5.97 Å². The molecule has 2 aromatic carbocycles. The molecule has 0 fully saturated rings. The molecule has 1 unspecified atom stereocenters. The van der Waals surface area contributed by atoms with Crippen molar-refractivity contribution in [1.82, 2.24) is 0 Å². The zero-order valence-corrected chi connectivity index (χ0v) is 13.5. The summed E-state index contributed by atoms with van der Waals surface area (Å²) in [5.74, 6) is -0.290. The molecule has 22 heavy (non-hydrogen) atoms. The minimum atomic E-state index is -0.290. The Morgan fingerprint density at radius 3 is 1.86 bits per heavy atom. The Morgan fingerprint density at radius 2 is 1.41 bits per heavy atom. The molecule has 0 saturated heterocycles. The van der Waals surface area contributed by atoms with Crippen LogP contribution in [0.1, 0.15) is 42.8 Å². The summed E-state index contributed by atoms with van der Waals surface area (Å²) in [5.41, 5.74) is 1.58. The Labute approximate surface area is 132 Å². The van der Waals surface area contributed by atoms with E-state index in [2.05, 4.69) is 0 Å². The summed E-state index contributed by atoms with van der Waals surface area (Å²) in [6.07, 6.45) is -0.232. The van der Waals surface area contributed by atoms with Crippen molar-refractivity contribution in [1.29, 1.82) is 0 Å². The van der Waals surface area contributed by atoms with E-state index in [0.29, 0.717) is 5.56 Å². The lowest BCUT2D eigenvalue weighted by Crippen LogP contribution is -2.08. The van der Waals surface area contributed by atoms with Gasteiger partial charge in [0.1, 0.15) is 6.10 Å². The molecule has 0 aliphatic rings. The third-order valence-electron chi connectivity index (χ3n) is 2.97. The van der Waals surface area contributed by atoms with Gasteiger partial charge in [-0.3, -0.25) is 0 Å². The van der Waals surface area contributed by atoms with Gasteiger partial charge in [0.05, 0.1) is 5.56 Å². The molecule has 0 aliphatic carbocycles. The molecule has 0 saturated carbocycles. The molecule has 118 valence electrons. The summed E-state index contributed by atoms with van der Waals surface area (Å²) in [7, 11) is 0. The van der Waals surface area contributed by atoms with Crippen LogP contribution in [0.4, 0.5) is 0 Å². The number of esters is 1. The van der Waals surface area contributed by atoms with Crippen molar-refractivity contribution in [2.45, 2.75) is 26.9 Å². The number of carbonyl (C=O) groups excluding carboxylic acids is 1. The van der Waals surface area contributed by atoms with Crippen molar-refractivity contribution in [2.24, 2.45) is 0 Å². The van der Waals surface area contributed by atoms with E-state index in [1.54, 1.807) is 12.1 Å². The summed E-state index contributed by atoms with van der Waals surface area (Å²) in [6, 6.07) is 18.7. The zero-order valence-electron chi connectivity index (χ0n) is 13.5. The smallest absolute Gasteiger partial charge is 0.338 e. The van der Waals surface area contributed by atoms with Crippen LogP contribution in [0, 0.1) is 0 Å². The van der Waals surface area contributed by atoms with Crippen molar-refractivity contribution in [2.75, 3.05) is 13.2 Å². The fraction of sp³-hybridized carbons (Fsp3) is 0.316. The van der Waals surface area contributed by atoms with E-state index in [9.17, 15) is 4.79 Å². The Bertz CT molecular complexity index is 521. The molecule has 0 aliphatic heterocycles. The standard InChI is InChI=1S/C15H14O2.C4H10O/c1-12(13-8-4-2-5-9-13)17-15(16)14-10-6-3-7-11-14;1-3-5-4-2/h2-12H,1H3;3-4H2,1-2H3. The van der Waals surface area contributed by atoms with E-state index in [-0.39, 0.29) is 12.1 Å². The largest absolute Gasteiger partial charge is 0.454 e. The number of ether oxygens (including phenoxy) is 2. The maximum atomic E-state index is 11.8. The lowest BCUT2D eigenvalue weighted by molar-refractivity contribution is 0.0338. The maximum Gasteiger partial charge on any atom is 0.338 e. The number of benzene rings is 2. The van der Waals surface area contributed by atoms with E-state index in [1.807, 2.05) is 69.3 Å². The molecule has 0 aromatic heterocycles. The van der Waals surface area contributed by atoms with Gasteiger partial charge in [0.25, 0.3) is 0 Å². The average molecular weight is 300 g/mol. The van der Waals surface area contributed by atoms with Gasteiger partial charge in [-0.15, -0.1) is 0 Å². The Balaban J connectivity index is 0.000000422. The van der Waals surface area contributed by atoms with Gasteiger partial charge in [-0.25, -0.2) is 4.79 Å². The molecule has 0 N–H and O–H groups in total. The highest BCUT2D eigenvalue weighted by atomic mass is 16.5. The molecule has 2 aromatic rings. The number of rotatable bonds is 5. The zero-order chi connectivity index (χ0) is 16.2. The average Bonchev–Trinajstić information content (AvgIpc) is 2.57. The van der Waals surface area contributed by atoms with E-state index in [4.69, 9.17) is 9.47 Å². The molecular formula is C19H24O3. The molecule has 0 amide bonds. The third-order valence-corrected chi connectivity index (χ3v) is 2.97. The maximum absolute atomic E-state index is 11.8. The summed E-state index contributed by atoms with van der Waals surface area (Å²) in [4.78, 5) is 11.8. The predicted molar refractivity (Wildman–Crippen MR) is 88.9 cm³/mol. The number of carbonyl (C=O) groups is 1. The first-order valence-electron chi connectivity index (χ1n) is 7.57. The number of hydrogen-bond acceptors (Lipinski definition) is 3. The van der Waals surface area contributed by atoms with Gasteiger partial charge < -0.3 is 9.47 Å². The second kappa shape index (κ2) is 10.6. The molecule has 1 atom stereocenters. The van der Waals surface area contributed by atoms with E-state index in [1.165, 1.54) is 0 Å². The molecule has 3 heteroatoms. The van der Waals surface area contributed by atoms with Gasteiger partial charge >= 0.3 is 5.97 Å². The molecule has 2 rings (SSSR count). The molecular weight excluding hydrogens is 276 g/mol. The SMILES string of the molecule is CC(OC(=O)c1ccccc1)c1ccccc1.CCOCC. The predicted octanol–water partition coefficient (Wildman–Crippen LogP) is 4.65. The van der Waals surface area contributed by atoms with E-state index in [0.717, 1.165) is 18.8 Å². The second-order valence-electron chi connectivity index (χ2n) is 4.61. The van der Waals surface area contributed by atoms with Crippen LogP contribution in [0.15, 0.2) is 60.7 Å². The molecule has 0 spiro atoms. The minimum absolute atomic E-state index is 0.232. The van der Waals surface area contributed by atoms with Crippen molar-refractivity contribution < 1.29 is 14.3 Å². The first-order valence-corrected chi connectivity index (χ1v) is 7.57. The van der Waals surface area contributed by atoms with E-state index >= 15 is 0 Å². The fourth-order valence-electron chi connectivity index (χ4n) is 1.80. The van der Waals surface area contributed by atoms with Crippen molar-refractivity contribution in [3.8, 4) is 0 Å². The first kappa shape index (κ1) is 17.9. The topological polar surface area (TPSA) is 35.5 Å². The van der Waals surface area contributed by atoms with Gasteiger partial charge in [-0.1, -0.05) is 48.5 Å². The lowest BCUT2D eigenvalue weighted by Gasteiger charge is -2.13. The van der Waals surface area contributed by atoms with Gasteiger partial charge in [0.15, 0.2) is 0 Å². The van der Waals surface area contributed by atoms with Gasteiger partial charge in [-0.05, 0) is 38.5 Å². The van der Waals surface area contributed by atoms with Crippen LogP contribution in [0.3, 0.4) is 0 Å². The van der Waals surface area contributed by atoms with Crippen LogP contribution in [-0.2, 0) is 9.47 Å². The van der Waals surface area contributed by atoms with Crippen molar-refractivity contribution in [3.05, 3.63) is 71.8 Å². The molecule has 3 nitrogen and oxygen atoms in total. The highest BCUT2D eigenvalue weighted by Gasteiger charge is 2.12. The van der Waals surface area contributed by atoms with Crippen LogP contribution < -0.4 is 0 Å². The van der Waals surface area contributed by atoms with Crippen molar-refractivity contribution in [3.63, 3.8) is 0 Å². The molecule has 0 radical (unpaired) electrons. The fourth-order valence-corrected chi connectivity index (χ4v) is 1.80. The Kier molecular flexibility index (Phi) is 8.61. The van der Waals surface area contributed by atoms with Gasteiger partial charge in [-0.2, -0.15) is 0 Å². The summed E-state index contributed by atoms with van der Waals surface area (Å²) in [5, 5.41) is 0. The molecule has 0 heterocycles. The third kappa shape index (κ3) is 6.55. The first-order chi connectivity index (χ1) is 10.7. The molecule has 0 bridgehead atoms. The highest BCUT2D eigenvalue weighted by Crippen LogP contribution is 2.17. The summed E-state index contributed by atoms with van der Waals surface area (Å²) in [6.45, 7) is 7.54. The van der Waals surface area contributed by atoms with Crippen LogP contribution in [0.2, 0.25) is 0 Å². The quantitative estimate of drug-likeness (QED) is 0.754. The summed E-state index contributed by atoms with van der Waals surface area (Å²) < 4.78 is 10.2. The van der Waals surface area contributed by atoms with Crippen LogP contribution in [0.5, 0.6) is 0 Å². The van der Waals surface area contributed by atoms with E-state index < -0.39 is 0 Å². The normalized spacial score (nSPS) is 11.0. The summed E-state index contributed by atoms with van der Waals surface area (Å²) >= 11 is 0.